The second-order valence-corrected chi connectivity index (χ2v) is 6.28. The van der Waals surface area contributed by atoms with Crippen LogP contribution in [-0.4, -0.2) is 12.6 Å². The van der Waals surface area contributed by atoms with E-state index in [2.05, 4.69) is 20.8 Å². The molecule has 0 saturated heterocycles. The van der Waals surface area contributed by atoms with Crippen molar-refractivity contribution in [2.75, 3.05) is 6.61 Å². The number of rotatable bonds is 4. The minimum Gasteiger partial charge on any atom is -0.462 e. The Balaban J connectivity index is 1.82. The van der Waals surface area contributed by atoms with E-state index in [9.17, 15) is 4.79 Å². The molecule has 1 fully saturated rings. The third kappa shape index (κ3) is 2.74. The Morgan fingerprint density at radius 1 is 1.22 bits per heavy atom. The number of hydrogen-bond donors (Lipinski definition) is 0. The molecule has 1 aliphatic rings. The number of esters is 1. The summed E-state index contributed by atoms with van der Waals surface area (Å²) < 4.78 is 5.36. The van der Waals surface area contributed by atoms with Crippen LogP contribution in [0.15, 0.2) is 30.3 Å². The average Bonchev–Trinajstić information content (AvgIpc) is 3.10. The summed E-state index contributed by atoms with van der Waals surface area (Å²) in [5.41, 5.74) is 1.34. The first-order chi connectivity index (χ1) is 8.45. The van der Waals surface area contributed by atoms with Crippen molar-refractivity contribution in [2.45, 2.75) is 40.0 Å². The molecule has 98 valence electrons. The van der Waals surface area contributed by atoms with Gasteiger partial charge in [-0.1, -0.05) is 39.0 Å². The van der Waals surface area contributed by atoms with Crippen LogP contribution in [-0.2, 0) is 4.74 Å². The molecule has 0 bridgehead atoms. The second-order valence-electron chi connectivity index (χ2n) is 6.28. The van der Waals surface area contributed by atoms with Crippen LogP contribution >= 0.6 is 0 Å². The summed E-state index contributed by atoms with van der Waals surface area (Å²) in [7, 11) is 0. The fourth-order valence-electron chi connectivity index (χ4n) is 2.52. The van der Waals surface area contributed by atoms with Gasteiger partial charge in [0.1, 0.15) is 0 Å². The van der Waals surface area contributed by atoms with Gasteiger partial charge in [0, 0.05) is 0 Å². The lowest BCUT2D eigenvalue weighted by Crippen LogP contribution is -2.24. The highest BCUT2D eigenvalue weighted by molar-refractivity contribution is 5.89. The Bertz CT molecular complexity index is 410. The molecule has 0 N–H and O–H groups in total. The van der Waals surface area contributed by atoms with Crippen molar-refractivity contribution < 1.29 is 9.53 Å². The van der Waals surface area contributed by atoms with Crippen molar-refractivity contribution in [2.24, 2.45) is 10.8 Å². The smallest absolute Gasteiger partial charge is 0.338 e. The lowest BCUT2D eigenvalue weighted by molar-refractivity contribution is 0.0433. The summed E-state index contributed by atoms with van der Waals surface area (Å²) in [4.78, 5) is 11.8. The second kappa shape index (κ2) is 4.75. The Hall–Kier alpha value is -1.31. The highest BCUT2D eigenvalue weighted by Gasteiger charge is 2.51. The van der Waals surface area contributed by atoms with Crippen LogP contribution in [0.5, 0.6) is 0 Å². The SMILES string of the molecule is CC(C)(C)C1(CCOC(=O)c2ccccc2)CC1. The van der Waals surface area contributed by atoms with E-state index in [1.165, 1.54) is 12.8 Å². The maximum absolute atomic E-state index is 11.8. The van der Waals surface area contributed by atoms with Crippen molar-refractivity contribution in [1.29, 1.82) is 0 Å². The maximum atomic E-state index is 11.8. The first kappa shape index (κ1) is 13.1. The van der Waals surface area contributed by atoms with E-state index in [0.717, 1.165) is 6.42 Å². The normalized spacial score (nSPS) is 17.3. The Morgan fingerprint density at radius 2 is 1.83 bits per heavy atom. The van der Waals surface area contributed by atoms with Gasteiger partial charge >= 0.3 is 5.97 Å². The molecule has 0 aliphatic heterocycles. The van der Waals surface area contributed by atoms with Crippen LogP contribution in [0.25, 0.3) is 0 Å². The zero-order valence-corrected chi connectivity index (χ0v) is 11.5. The zero-order chi connectivity index (χ0) is 13.2. The minimum absolute atomic E-state index is 0.208. The molecule has 1 aliphatic carbocycles. The summed E-state index contributed by atoms with van der Waals surface area (Å²) in [6.45, 7) is 7.36. The predicted octanol–water partition coefficient (Wildman–Crippen LogP) is 4.06. The van der Waals surface area contributed by atoms with Crippen LogP contribution in [0.3, 0.4) is 0 Å². The monoisotopic (exact) mass is 246 g/mol. The molecule has 0 spiro atoms. The molecule has 1 aromatic carbocycles. The molecule has 0 atom stereocenters. The fourth-order valence-corrected chi connectivity index (χ4v) is 2.52. The molecule has 2 nitrogen and oxygen atoms in total. The van der Waals surface area contributed by atoms with Gasteiger partial charge in [0.25, 0.3) is 0 Å². The maximum Gasteiger partial charge on any atom is 0.338 e. The molecule has 0 amide bonds. The van der Waals surface area contributed by atoms with Gasteiger partial charge in [-0.05, 0) is 42.2 Å². The standard InChI is InChI=1S/C16H22O2/c1-15(2,3)16(9-10-16)11-12-18-14(17)13-7-5-4-6-8-13/h4-8H,9-12H2,1-3H3. The molecule has 0 unspecified atom stereocenters. The number of ether oxygens (including phenoxy) is 1. The molecule has 18 heavy (non-hydrogen) atoms. The average molecular weight is 246 g/mol. The lowest BCUT2D eigenvalue weighted by Gasteiger charge is -2.30. The van der Waals surface area contributed by atoms with Gasteiger partial charge < -0.3 is 4.74 Å². The summed E-state index contributed by atoms with van der Waals surface area (Å²) in [5, 5.41) is 0. The van der Waals surface area contributed by atoms with E-state index in [-0.39, 0.29) is 5.97 Å². The van der Waals surface area contributed by atoms with Gasteiger partial charge in [-0.15, -0.1) is 0 Å². The van der Waals surface area contributed by atoms with E-state index in [1.807, 2.05) is 18.2 Å². The van der Waals surface area contributed by atoms with Crippen LogP contribution in [0.4, 0.5) is 0 Å². The summed E-state index contributed by atoms with van der Waals surface area (Å²) >= 11 is 0. The zero-order valence-electron chi connectivity index (χ0n) is 11.5. The van der Waals surface area contributed by atoms with Crippen LogP contribution < -0.4 is 0 Å². The van der Waals surface area contributed by atoms with Gasteiger partial charge in [-0.2, -0.15) is 0 Å². The first-order valence-electron chi connectivity index (χ1n) is 6.67. The molecule has 1 saturated carbocycles. The molecule has 1 aromatic rings. The Morgan fingerprint density at radius 3 is 2.33 bits per heavy atom. The van der Waals surface area contributed by atoms with E-state index in [1.54, 1.807) is 12.1 Å². The minimum atomic E-state index is -0.208. The molecule has 2 heteroatoms. The molecular formula is C16H22O2. The number of carbonyl (C=O) groups excluding carboxylic acids is 1. The van der Waals surface area contributed by atoms with Crippen molar-refractivity contribution in [1.82, 2.24) is 0 Å². The Labute approximate surface area is 109 Å². The predicted molar refractivity (Wildman–Crippen MR) is 72.5 cm³/mol. The summed E-state index contributed by atoms with van der Waals surface area (Å²) in [6, 6.07) is 9.19. The third-order valence-corrected chi connectivity index (χ3v) is 4.27. The van der Waals surface area contributed by atoms with E-state index in [0.29, 0.717) is 23.0 Å². The van der Waals surface area contributed by atoms with E-state index in [4.69, 9.17) is 4.74 Å². The topological polar surface area (TPSA) is 26.3 Å². The van der Waals surface area contributed by atoms with Gasteiger partial charge in [-0.3, -0.25) is 0 Å². The highest BCUT2D eigenvalue weighted by Crippen LogP contribution is 2.60. The van der Waals surface area contributed by atoms with Gasteiger partial charge in [0.15, 0.2) is 0 Å². The quantitative estimate of drug-likeness (QED) is 0.749. The van der Waals surface area contributed by atoms with E-state index < -0.39 is 0 Å². The van der Waals surface area contributed by atoms with Crippen LogP contribution in [0, 0.1) is 10.8 Å². The number of carbonyl (C=O) groups is 1. The summed E-state index contributed by atoms with van der Waals surface area (Å²) in [5.74, 6) is -0.208. The fraction of sp³-hybridized carbons (Fsp3) is 0.562. The van der Waals surface area contributed by atoms with Crippen LogP contribution in [0.2, 0.25) is 0 Å². The third-order valence-electron chi connectivity index (χ3n) is 4.27. The number of benzene rings is 1. The van der Waals surface area contributed by atoms with Gasteiger partial charge in [0.05, 0.1) is 12.2 Å². The van der Waals surface area contributed by atoms with E-state index >= 15 is 0 Å². The van der Waals surface area contributed by atoms with Crippen molar-refractivity contribution in [3.63, 3.8) is 0 Å². The largest absolute Gasteiger partial charge is 0.462 e. The number of hydrogen-bond acceptors (Lipinski definition) is 2. The van der Waals surface area contributed by atoms with Gasteiger partial charge in [0.2, 0.25) is 0 Å². The summed E-state index contributed by atoms with van der Waals surface area (Å²) in [6.07, 6.45) is 3.51. The molecule has 0 radical (unpaired) electrons. The van der Waals surface area contributed by atoms with Crippen molar-refractivity contribution >= 4 is 5.97 Å². The lowest BCUT2D eigenvalue weighted by atomic mass is 9.76. The van der Waals surface area contributed by atoms with Crippen molar-refractivity contribution in [3.05, 3.63) is 35.9 Å². The molecule has 0 aromatic heterocycles. The molecular weight excluding hydrogens is 224 g/mol. The highest BCUT2D eigenvalue weighted by atomic mass is 16.5. The van der Waals surface area contributed by atoms with Gasteiger partial charge in [-0.25, -0.2) is 4.79 Å². The Kier molecular flexibility index (Phi) is 3.47. The molecule has 0 heterocycles. The van der Waals surface area contributed by atoms with Crippen LogP contribution in [0.1, 0.15) is 50.4 Å². The first-order valence-corrected chi connectivity index (χ1v) is 6.67. The molecule has 2 rings (SSSR count). The van der Waals surface area contributed by atoms with Crippen molar-refractivity contribution in [3.8, 4) is 0 Å².